The number of rotatable bonds is 8. The minimum absolute atomic E-state index is 0.261. The topological polar surface area (TPSA) is 40.5 Å². The molecular weight excluding hydrogens is 417 g/mol. The molecule has 0 saturated heterocycles. The van der Waals surface area contributed by atoms with Crippen LogP contribution in [-0.2, 0) is 11.3 Å². The number of ether oxygens (including phenoxy) is 2. The van der Waals surface area contributed by atoms with E-state index in [1.165, 1.54) is 12.1 Å². The molecule has 4 rings (SSSR count). The van der Waals surface area contributed by atoms with Crippen LogP contribution in [0.15, 0.2) is 73.3 Å². The quantitative estimate of drug-likeness (QED) is 0.284. The van der Waals surface area contributed by atoms with Crippen molar-refractivity contribution >= 4 is 22.9 Å². The number of carbonyl (C=O) groups is 1. The molecule has 0 N–H and O–H groups in total. The van der Waals surface area contributed by atoms with Crippen molar-refractivity contribution in [2.45, 2.75) is 20.4 Å². The molecule has 0 aliphatic carbocycles. The Hall–Kier alpha value is -3.86. The summed E-state index contributed by atoms with van der Waals surface area (Å²) in [4.78, 5) is 13.2. The predicted octanol–water partition coefficient (Wildman–Crippen LogP) is 6.71. The molecule has 0 spiro atoms. The molecule has 4 nitrogen and oxygen atoms in total. The highest BCUT2D eigenvalue weighted by molar-refractivity contribution is 6.09. The summed E-state index contributed by atoms with van der Waals surface area (Å²) in [7, 11) is 0. The Morgan fingerprint density at radius 1 is 1.00 bits per heavy atom. The van der Waals surface area contributed by atoms with Crippen LogP contribution < -0.4 is 4.74 Å². The summed E-state index contributed by atoms with van der Waals surface area (Å²) in [6.45, 7) is 8.85. The van der Waals surface area contributed by atoms with Crippen molar-refractivity contribution in [1.29, 1.82) is 0 Å². The standard InChI is InChI=1S/C28H26FNO3/c1-4-19-9-16-25-24(17-19)26(21-10-14-23(15-11-21)32-5-2)27(28(31)33-6-3)30(25)18-20-7-12-22(29)13-8-20/h4,7-17H,1,5-6,18H2,2-3H3. The first-order valence-electron chi connectivity index (χ1n) is 11.0. The first-order valence-corrected chi connectivity index (χ1v) is 11.0. The molecule has 0 fully saturated rings. The minimum atomic E-state index is -0.403. The highest BCUT2D eigenvalue weighted by atomic mass is 19.1. The average Bonchev–Trinajstić information content (AvgIpc) is 3.14. The molecule has 33 heavy (non-hydrogen) atoms. The number of nitrogens with zero attached hydrogens (tertiary/aromatic N) is 1. The van der Waals surface area contributed by atoms with Gasteiger partial charge in [0, 0.05) is 23.0 Å². The summed E-state index contributed by atoms with van der Waals surface area (Å²) in [6, 6.07) is 20.0. The summed E-state index contributed by atoms with van der Waals surface area (Å²) in [5, 5.41) is 0.918. The average molecular weight is 444 g/mol. The van der Waals surface area contributed by atoms with Gasteiger partial charge in [-0.1, -0.05) is 43.0 Å². The molecule has 0 saturated carbocycles. The molecule has 0 aliphatic rings. The van der Waals surface area contributed by atoms with Gasteiger partial charge in [0.15, 0.2) is 0 Å². The van der Waals surface area contributed by atoms with Crippen molar-refractivity contribution < 1.29 is 18.7 Å². The minimum Gasteiger partial charge on any atom is -0.494 e. The fraction of sp³-hybridized carbons (Fsp3) is 0.179. The van der Waals surface area contributed by atoms with Crippen LogP contribution in [0.4, 0.5) is 4.39 Å². The van der Waals surface area contributed by atoms with Crippen LogP contribution in [0.1, 0.15) is 35.5 Å². The largest absolute Gasteiger partial charge is 0.494 e. The van der Waals surface area contributed by atoms with Crippen molar-refractivity contribution in [1.82, 2.24) is 4.57 Å². The van der Waals surface area contributed by atoms with Crippen LogP contribution in [0.25, 0.3) is 28.1 Å². The molecule has 0 bridgehead atoms. The van der Waals surface area contributed by atoms with Crippen LogP contribution in [0.2, 0.25) is 0 Å². The zero-order valence-electron chi connectivity index (χ0n) is 18.8. The molecule has 1 aromatic heterocycles. The van der Waals surface area contributed by atoms with Crippen molar-refractivity contribution in [3.05, 3.63) is 95.9 Å². The zero-order chi connectivity index (χ0) is 23.4. The van der Waals surface area contributed by atoms with E-state index in [1.807, 2.05) is 54.0 Å². The third-order valence-corrected chi connectivity index (χ3v) is 5.50. The van der Waals surface area contributed by atoms with Gasteiger partial charge in [-0.2, -0.15) is 0 Å². The van der Waals surface area contributed by atoms with E-state index in [-0.39, 0.29) is 12.4 Å². The molecule has 1 heterocycles. The molecule has 0 unspecified atom stereocenters. The monoisotopic (exact) mass is 443 g/mol. The number of hydrogen-bond acceptors (Lipinski definition) is 3. The van der Waals surface area contributed by atoms with E-state index in [0.717, 1.165) is 38.9 Å². The van der Waals surface area contributed by atoms with Gasteiger partial charge in [-0.25, -0.2) is 9.18 Å². The molecule has 168 valence electrons. The Bertz CT molecular complexity index is 1290. The van der Waals surface area contributed by atoms with Gasteiger partial charge in [0.25, 0.3) is 0 Å². The van der Waals surface area contributed by atoms with E-state index in [1.54, 1.807) is 25.1 Å². The van der Waals surface area contributed by atoms with Crippen LogP contribution in [-0.4, -0.2) is 23.8 Å². The van der Waals surface area contributed by atoms with Crippen molar-refractivity contribution in [2.24, 2.45) is 0 Å². The maximum absolute atomic E-state index is 13.5. The lowest BCUT2D eigenvalue weighted by Gasteiger charge is -2.12. The highest BCUT2D eigenvalue weighted by Crippen LogP contribution is 2.37. The Morgan fingerprint density at radius 3 is 2.36 bits per heavy atom. The van der Waals surface area contributed by atoms with Crippen LogP contribution in [0, 0.1) is 5.82 Å². The van der Waals surface area contributed by atoms with Gasteiger partial charge in [-0.05, 0) is 66.9 Å². The summed E-state index contributed by atoms with van der Waals surface area (Å²) in [6.07, 6.45) is 1.78. The lowest BCUT2D eigenvalue weighted by Crippen LogP contribution is -2.14. The zero-order valence-corrected chi connectivity index (χ0v) is 18.8. The smallest absolute Gasteiger partial charge is 0.355 e. The Morgan fingerprint density at radius 2 is 1.73 bits per heavy atom. The van der Waals surface area contributed by atoms with Gasteiger partial charge in [-0.15, -0.1) is 0 Å². The Kier molecular flexibility index (Phi) is 6.59. The number of hydrogen-bond donors (Lipinski definition) is 0. The third kappa shape index (κ3) is 4.53. The van der Waals surface area contributed by atoms with Crippen LogP contribution in [0.5, 0.6) is 5.75 Å². The lowest BCUT2D eigenvalue weighted by molar-refractivity contribution is 0.0516. The number of halogens is 1. The fourth-order valence-corrected chi connectivity index (χ4v) is 4.02. The molecular formula is C28H26FNO3. The van der Waals surface area contributed by atoms with Crippen LogP contribution >= 0.6 is 0 Å². The summed E-state index contributed by atoms with van der Waals surface area (Å²) in [5.41, 5.74) is 4.84. The van der Waals surface area contributed by atoms with Crippen LogP contribution in [0.3, 0.4) is 0 Å². The molecule has 0 amide bonds. The summed E-state index contributed by atoms with van der Waals surface area (Å²) >= 11 is 0. The number of fused-ring (bicyclic) bond motifs is 1. The van der Waals surface area contributed by atoms with Gasteiger partial charge in [-0.3, -0.25) is 0 Å². The number of esters is 1. The maximum Gasteiger partial charge on any atom is 0.355 e. The first kappa shape index (κ1) is 22.3. The summed E-state index contributed by atoms with van der Waals surface area (Å²) < 4.78 is 26.5. The molecule has 5 heteroatoms. The Labute approximate surface area is 192 Å². The van der Waals surface area contributed by atoms with E-state index in [0.29, 0.717) is 18.8 Å². The lowest BCUT2D eigenvalue weighted by atomic mass is 10.0. The fourth-order valence-electron chi connectivity index (χ4n) is 4.02. The number of aromatic nitrogens is 1. The second kappa shape index (κ2) is 9.74. The predicted molar refractivity (Wildman–Crippen MR) is 130 cm³/mol. The molecule has 0 aliphatic heterocycles. The summed E-state index contributed by atoms with van der Waals surface area (Å²) in [5.74, 6) is 0.0630. The second-order valence-corrected chi connectivity index (χ2v) is 7.59. The van der Waals surface area contributed by atoms with Crippen molar-refractivity contribution in [2.75, 3.05) is 13.2 Å². The highest BCUT2D eigenvalue weighted by Gasteiger charge is 2.25. The van der Waals surface area contributed by atoms with E-state index >= 15 is 0 Å². The van der Waals surface area contributed by atoms with Crippen molar-refractivity contribution in [3.63, 3.8) is 0 Å². The Balaban J connectivity index is 1.98. The van der Waals surface area contributed by atoms with E-state index in [2.05, 4.69) is 6.58 Å². The van der Waals surface area contributed by atoms with Crippen molar-refractivity contribution in [3.8, 4) is 16.9 Å². The molecule has 0 radical (unpaired) electrons. The van der Waals surface area contributed by atoms with E-state index in [9.17, 15) is 9.18 Å². The second-order valence-electron chi connectivity index (χ2n) is 7.59. The van der Waals surface area contributed by atoms with Gasteiger partial charge in [0.2, 0.25) is 0 Å². The SMILES string of the molecule is C=Cc1ccc2c(c1)c(-c1ccc(OCC)cc1)c(C(=O)OCC)n2Cc1ccc(F)cc1. The number of carbonyl (C=O) groups excluding carboxylic acids is 1. The molecule has 4 aromatic rings. The van der Waals surface area contributed by atoms with Gasteiger partial charge in [0.1, 0.15) is 17.3 Å². The molecule has 3 aromatic carbocycles. The molecule has 0 atom stereocenters. The van der Waals surface area contributed by atoms with E-state index < -0.39 is 5.97 Å². The van der Waals surface area contributed by atoms with E-state index in [4.69, 9.17) is 9.47 Å². The first-order chi connectivity index (χ1) is 16.0. The van der Waals surface area contributed by atoms with Gasteiger partial charge in [0.05, 0.1) is 13.2 Å². The number of benzene rings is 3. The third-order valence-electron chi connectivity index (χ3n) is 5.50. The van der Waals surface area contributed by atoms with Gasteiger partial charge >= 0.3 is 5.97 Å². The normalized spacial score (nSPS) is 10.9. The van der Waals surface area contributed by atoms with Gasteiger partial charge < -0.3 is 14.0 Å². The maximum atomic E-state index is 13.5.